The molecule has 2 rings (SSSR count). The first-order valence-corrected chi connectivity index (χ1v) is 6.71. The highest BCUT2D eigenvalue weighted by Gasteiger charge is 2.24. The Morgan fingerprint density at radius 1 is 1.33 bits per heavy atom. The maximum Gasteiger partial charge on any atom is 0.139 e. The molecule has 1 aromatic rings. The van der Waals surface area contributed by atoms with Gasteiger partial charge in [-0.3, -0.25) is 0 Å². The van der Waals surface area contributed by atoms with Gasteiger partial charge in [0.15, 0.2) is 0 Å². The maximum absolute atomic E-state index is 5.79. The lowest BCUT2D eigenvalue weighted by molar-refractivity contribution is 0.0261. The van der Waals surface area contributed by atoms with E-state index in [1.54, 1.807) is 14.2 Å². The molecule has 0 saturated carbocycles. The van der Waals surface area contributed by atoms with Gasteiger partial charge in [0.05, 0.1) is 31.4 Å². The zero-order chi connectivity index (χ0) is 13.1. The molecule has 1 aromatic carbocycles. The Labute approximate surface area is 116 Å². The van der Waals surface area contributed by atoms with Gasteiger partial charge in [0.1, 0.15) is 11.5 Å². The van der Waals surface area contributed by atoms with Crippen molar-refractivity contribution in [3.8, 4) is 11.5 Å². The number of rotatable bonds is 3. The van der Waals surface area contributed by atoms with Crippen LogP contribution in [0, 0.1) is 6.92 Å². The molecule has 0 aromatic heterocycles. The van der Waals surface area contributed by atoms with Gasteiger partial charge in [0.25, 0.3) is 0 Å². The molecule has 0 aliphatic carbocycles. The summed E-state index contributed by atoms with van der Waals surface area (Å²) in [4.78, 5) is 0. The Balaban J connectivity index is 2.45. The second kappa shape index (κ2) is 5.91. The molecule has 0 spiro atoms. The summed E-state index contributed by atoms with van der Waals surface area (Å²) in [5.74, 6) is 1.64. The summed E-state index contributed by atoms with van der Waals surface area (Å²) in [6.07, 6.45) is 0.0228. The summed E-state index contributed by atoms with van der Waals surface area (Å²) in [6, 6.07) is 2.02. The average Bonchev–Trinajstić information content (AvgIpc) is 2.39. The van der Waals surface area contributed by atoms with Gasteiger partial charge >= 0.3 is 0 Å². The fourth-order valence-corrected chi connectivity index (χ4v) is 3.00. The SMILES string of the molecule is COc1c(Br)cc(C2CNCCO2)c(OC)c1C. The van der Waals surface area contributed by atoms with Gasteiger partial charge in [0.2, 0.25) is 0 Å². The molecule has 100 valence electrons. The minimum atomic E-state index is 0.0228. The van der Waals surface area contributed by atoms with Crippen LogP contribution < -0.4 is 14.8 Å². The van der Waals surface area contributed by atoms with Crippen molar-refractivity contribution in [1.29, 1.82) is 0 Å². The number of hydrogen-bond donors (Lipinski definition) is 1. The summed E-state index contributed by atoms with van der Waals surface area (Å²) in [5.41, 5.74) is 2.04. The van der Waals surface area contributed by atoms with E-state index in [1.807, 2.05) is 13.0 Å². The molecule has 1 aliphatic heterocycles. The van der Waals surface area contributed by atoms with E-state index in [-0.39, 0.29) is 6.10 Å². The second-order valence-electron chi connectivity index (χ2n) is 4.20. The van der Waals surface area contributed by atoms with Crippen molar-refractivity contribution < 1.29 is 14.2 Å². The van der Waals surface area contributed by atoms with Crippen LogP contribution in [0.3, 0.4) is 0 Å². The van der Waals surface area contributed by atoms with E-state index in [9.17, 15) is 0 Å². The number of benzene rings is 1. The Bertz CT molecular complexity index is 431. The first-order valence-electron chi connectivity index (χ1n) is 5.92. The van der Waals surface area contributed by atoms with E-state index in [2.05, 4.69) is 21.2 Å². The van der Waals surface area contributed by atoms with Crippen LogP contribution in [0.25, 0.3) is 0 Å². The van der Waals surface area contributed by atoms with Crippen LogP contribution in [0.5, 0.6) is 11.5 Å². The molecule has 1 N–H and O–H groups in total. The highest BCUT2D eigenvalue weighted by atomic mass is 79.9. The lowest BCUT2D eigenvalue weighted by Gasteiger charge is -2.27. The summed E-state index contributed by atoms with van der Waals surface area (Å²) in [7, 11) is 3.33. The summed E-state index contributed by atoms with van der Waals surface area (Å²) in [5, 5.41) is 3.33. The van der Waals surface area contributed by atoms with Crippen LogP contribution in [-0.4, -0.2) is 33.9 Å². The molecule has 18 heavy (non-hydrogen) atoms. The van der Waals surface area contributed by atoms with Gasteiger partial charge in [-0.15, -0.1) is 0 Å². The van der Waals surface area contributed by atoms with Crippen molar-refractivity contribution in [3.05, 3.63) is 21.7 Å². The minimum Gasteiger partial charge on any atom is -0.496 e. The first-order chi connectivity index (χ1) is 8.69. The van der Waals surface area contributed by atoms with Crippen molar-refractivity contribution >= 4 is 15.9 Å². The number of hydrogen-bond acceptors (Lipinski definition) is 4. The maximum atomic E-state index is 5.79. The predicted molar refractivity (Wildman–Crippen MR) is 73.5 cm³/mol. The van der Waals surface area contributed by atoms with Crippen LogP contribution in [-0.2, 0) is 4.74 Å². The highest BCUT2D eigenvalue weighted by Crippen LogP contribution is 2.41. The topological polar surface area (TPSA) is 39.7 Å². The Hall–Kier alpha value is -0.780. The van der Waals surface area contributed by atoms with Gasteiger partial charge in [-0.2, -0.15) is 0 Å². The molecule has 0 amide bonds. The van der Waals surface area contributed by atoms with Gasteiger partial charge in [-0.25, -0.2) is 0 Å². The number of halogens is 1. The Morgan fingerprint density at radius 2 is 2.06 bits per heavy atom. The average molecular weight is 316 g/mol. The Kier molecular flexibility index (Phi) is 4.48. The smallest absolute Gasteiger partial charge is 0.139 e. The summed E-state index contributed by atoms with van der Waals surface area (Å²) in [6.45, 7) is 4.41. The second-order valence-corrected chi connectivity index (χ2v) is 5.06. The van der Waals surface area contributed by atoms with Crippen molar-refractivity contribution in [2.45, 2.75) is 13.0 Å². The third kappa shape index (κ3) is 2.48. The fourth-order valence-electron chi connectivity index (χ4n) is 2.29. The quantitative estimate of drug-likeness (QED) is 0.930. The molecule has 0 radical (unpaired) electrons. The molecule has 1 unspecified atom stereocenters. The van der Waals surface area contributed by atoms with E-state index in [0.29, 0.717) is 0 Å². The molecule has 1 atom stereocenters. The number of methoxy groups -OCH3 is 2. The molecule has 1 saturated heterocycles. The van der Waals surface area contributed by atoms with E-state index in [0.717, 1.165) is 46.8 Å². The summed E-state index contributed by atoms with van der Waals surface area (Å²) >= 11 is 3.53. The van der Waals surface area contributed by atoms with Crippen LogP contribution in [0.4, 0.5) is 0 Å². The zero-order valence-corrected chi connectivity index (χ0v) is 12.5. The van der Waals surface area contributed by atoms with Crippen molar-refractivity contribution in [3.63, 3.8) is 0 Å². The minimum absolute atomic E-state index is 0.0228. The van der Waals surface area contributed by atoms with Gasteiger partial charge in [0, 0.05) is 24.2 Å². The standard InChI is InChI=1S/C13H18BrNO3/c1-8-12(16-2)9(6-10(14)13(8)17-3)11-7-15-4-5-18-11/h6,11,15H,4-5,7H2,1-3H3. The molecule has 1 fully saturated rings. The van der Waals surface area contributed by atoms with E-state index >= 15 is 0 Å². The predicted octanol–water partition coefficient (Wildman–Crippen LogP) is 2.44. The third-order valence-electron chi connectivity index (χ3n) is 3.13. The molecule has 1 heterocycles. The molecule has 5 heteroatoms. The fraction of sp³-hybridized carbons (Fsp3) is 0.538. The normalized spacial score (nSPS) is 19.7. The number of nitrogens with one attached hydrogen (secondary N) is 1. The van der Waals surface area contributed by atoms with E-state index in [4.69, 9.17) is 14.2 Å². The van der Waals surface area contributed by atoms with Crippen molar-refractivity contribution in [2.75, 3.05) is 33.9 Å². The largest absolute Gasteiger partial charge is 0.496 e. The lowest BCUT2D eigenvalue weighted by Crippen LogP contribution is -2.33. The van der Waals surface area contributed by atoms with Gasteiger partial charge in [-0.05, 0) is 28.9 Å². The lowest BCUT2D eigenvalue weighted by atomic mass is 10.0. The first kappa shape index (κ1) is 13.6. The molecular formula is C13H18BrNO3. The molecule has 0 bridgehead atoms. The van der Waals surface area contributed by atoms with Gasteiger partial charge in [-0.1, -0.05) is 0 Å². The number of morpholine rings is 1. The van der Waals surface area contributed by atoms with E-state index in [1.165, 1.54) is 0 Å². The van der Waals surface area contributed by atoms with E-state index < -0.39 is 0 Å². The van der Waals surface area contributed by atoms with Crippen molar-refractivity contribution in [1.82, 2.24) is 5.32 Å². The van der Waals surface area contributed by atoms with Crippen LogP contribution >= 0.6 is 15.9 Å². The number of ether oxygens (including phenoxy) is 3. The molecule has 1 aliphatic rings. The van der Waals surface area contributed by atoms with Crippen LogP contribution in [0.1, 0.15) is 17.2 Å². The molecule has 4 nitrogen and oxygen atoms in total. The van der Waals surface area contributed by atoms with Crippen LogP contribution in [0.15, 0.2) is 10.5 Å². The zero-order valence-electron chi connectivity index (χ0n) is 10.9. The Morgan fingerprint density at radius 3 is 2.61 bits per heavy atom. The third-order valence-corrected chi connectivity index (χ3v) is 3.71. The summed E-state index contributed by atoms with van der Waals surface area (Å²) < 4.78 is 17.6. The van der Waals surface area contributed by atoms with Crippen molar-refractivity contribution in [2.24, 2.45) is 0 Å². The highest BCUT2D eigenvalue weighted by molar-refractivity contribution is 9.10. The molecular weight excluding hydrogens is 298 g/mol. The van der Waals surface area contributed by atoms with Gasteiger partial charge < -0.3 is 19.5 Å². The monoisotopic (exact) mass is 315 g/mol. The van der Waals surface area contributed by atoms with Crippen LogP contribution in [0.2, 0.25) is 0 Å².